The second kappa shape index (κ2) is 8.47. The van der Waals surface area contributed by atoms with Crippen LogP contribution in [0.15, 0.2) is 96.7 Å². The second-order valence-electron chi connectivity index (χ2n) is 7.62. The van der Waals surface area contributed by atoms with Crippen LogP contribution in [0.2, 0.25) is 0 Å². The molecule has 0 atom stereocenters. The van der Waals surface area contributed by atoms with Crippen molar-refractivity contribution in [2.45, 2.75) is 6.54 Å². The molecule has 0 aliphatic carbocycles. The van der Waals surface area contributed by atoms with Gasteiger partial charge in [0.2, 0.25) is 5.91 Å². The molecule has 33 heavy (non-hydrogen) atoms. The molecule has 1 saturated heterocycles. The minimum Gasteiger partial charge on any atom is -0.337 e. The monoisotopic (exact) mass is 436 g/mol. The number of anilines is 2. The highest BCUT2D eigenvalue weighted by Crippen LogP contribution is 2.26. The van der Waals surface area contributed by atoms with Gasteiger partial charge in [-0.1, -0.05) is 54.6 Å². The lowest BCUT2D eigenvalue weighted by Crippen LogP contribution is -2.35. The number of nitrogens with one attached hydrogen (secondary N) is 2. The Bertz CT molecular complexity index is 1390. The van der Waals surface area contributed by atoms with E-state index in [1.807, 2.05) is 65.2 Å². The number of fused-ring (bicyclic) bond motifs is 1. The number of hydrogen-bond donors (Lipinski definition) is 2. The number of carbonyl (C=O) groups excluding carboxylic acids is 3. The number of para-hydroxylation sites is 3. The van der Waals surface area contributed by atoms with Crippen LogP contribution in [0, 0.1) is 0 Å². The maximum atomic E-state index is 12.9. The lowest BCUT2D eigenvalue weighted by atomic mass is 10.1. The maximum absolute atomic E-state index is 12.9. The molecule has 0 radical (unpaired) electrons. The number of benzene rings is 3. The van der Waals surface area contributed by atoms with Crippen molar-refractivity contribution in [1.82, 2.24) is 9.99 Å². The average Bonchev–Trinajstić information content (AvgIpc) is 3.32. The zero-order valence-corrected chi connectivity index (χ0v) is 17.6. The Balaban J connectivity index is 1.45. The predicted octanol–water partition coefficient (Wildman–Crippen LogP) is 3.74. The van der Waals surface area contributed by atoms with Gasteiger partial charge in [0.05, 0.1) is 5.69 Å². The van der Waals surface area contributed by atoms with Crippen LogP contribution in [0.5, 0.6) is 0 Å². The van der Waals surface area contributed by atoms with E-state index in [0.29, 0.717) is 11.3 Å². The van der Waals surface area contributed by atoms with Gasteiger partial charge in [0.25, 0.3) is 11.8 Å². The van der Waals surface area contributed by atoms with Crippen molar-refractivity contribution < 1.29 is 14.4 Å². The highest BCUT2D eigenvalue weighted by Gasteiger charge is 2.34. The first-order valence-electron chi connectivity index (χ1n) is 10.4. The Labute approximate surface area is 189 Å². The van der Waals surface area contributed by atoms with E-state index in [-0.39, 0.29) is 18.0 Å². The molecular weight excluding hydrogens is 416 g/mol. The topological polar surface area (TPSA) is 83.4 Å². The van der Waals surface area contributed by atoms with Crippen LogP contribution in [0.4, 0.5) is 11.4 Å². The van der Waals surface area contributed by atoms with Crippen LogP contribution in [0.1, 0.15) is 5.56 Å². The number of aromatic nitrogens is 1. The third-order valence-electron chi connectivity index (χ3n) is 5.40. The SMILES string of the molecule is O=C(Cn1cc(C=C2C(=O)NN(c3ccccc3)C2=O)c2ccccc21)Nc1ccccc1. The number of carbonyl (C=O) groups is 3. The van der Waals surface area contributed by atoms with Crippen molar-refractivity contribution in [2.75, 3.05) is 10.3 Å². The molecule has 3 aromatic carbocycles. The fourth-order valence-corrected chi connectivity index (χ4v) is 3.87. The van der Waals surface area contributed by atoms with Crippen LogP contribution in [-0.2, 0) is 20.9 Å². The summed E-state index contributed by atoms with van der Waals surface area (Å²) in [6.07, 6.45) is 3.36. The molecule has 2 heterocycles. The zero-order valence-electron chi connectivity index (χ0n) is 17.6. The maximum Gasteiger partial charge on any atom is 0.282 e. The van der Waals surface area contributed by atoms with Crippen molar-refractivity contribution in [3.05, 3.63) is 102 Å². The second-order valence-corrected chi connectivity index (χ2v) is 7.62. The molecule has 0 spiro atoms. The predicted molar refractivity (Wildman–Crippen MR) is 127 cm³/mol. The summed E-state index contributed by atoms with van der Waals surface area (Å²) in [4.78, 5) is 38.1. The molecule has 1 aliphatic rings. The number of rotatable bonds is 5. The fourth-order valence-electron chi connectivity index (χ4n) is 3.87. The summed E-state index contributed by atoms with van der Waals surface area (Å²) in [6, 6.07) is 25.7. The van der Waals surface area contributed by atoms with Gasteiger partial charge in [-0.25, -0.2) is 5.01 Å². The zero-order chi connectivity index (χ0) is 22.8. The van der Waals surface area contributed by atoms with E-state index < -0.39 is 11.8 Å². The average molecular weight is 436 g/mol. The highest BCUT2D eigenvalue weighted by molar-refractivity contribution is 6.32. The Kier molecular flexibility index (Phi) is 5.20. The van der Waals surface area contributed by atoms with Gasteiger partial charge >= 0.3 is 0 Å². The van der Waals surface area contributed by atoms with Crippen molar-refractivity contribution in [1.29, 1.82) is 0 Å². The lowest BCUT2D eigenvalue weighted by Gasteiger charge is -2.13. The summed E-state index contributed by atoms with van der Waals surface area (Å²) in [6.45, 7) is 0.0921. The van der Waals surface area contributed by atoms with E-state index >= 15 is 0 Å². The van der Waals surface area contributed by atoms with Gasteiger partial charge in [-0.05, 0) is 36.4 Å². The molecule has 0 unspecified atom stereocenters. The normalized spacial score (nSPS) is 14.7. The van der Waals surface area contributed by atoms with Gasteiger partial charge in [-0.15, -0.1) is 0 Å². The third-order valence-corrected chi connectivity index (χ3v) is 5.40. The van der Waals surface area contributed by atoms with Gasteiger partial charge in [0, 0.05) is 28.4 Å². The number of nitrogens with zero attached hydrogens (tertiary/aromatic N) is 2. The van der Waals surface area contributed by atoms with Gasteiger partial charge < -0.3 is 9.88 Å². The molecule has 1 fully saturated rings. The largest absolute Gasteiger partial charge is 0.337 e. The summed E-state index contributed by atoms with van der Waals surface area (Å²) in [5.74, 6) is -1.07. The fraction of sp³-hybridized carbons (Fsp3) is 0.0385. The molecule has 7 nitrogen and oxygen atoms in total. The van der Waals surface area contributed by atoms with Crippen molar-refractivity contribution in [2.24, 2.45) is 0 Å². The molecule has 0 saturated carbocycles. The van der Waals surface area contributed by atoms with Crippen LogP contribution in [-0.4, -0.2) is 22.3 Å². The molecule has 1 aromatic heterocycles. The highest BCUT2D eigenvalue weighted by atomic mass is 16.2. The summed E-state index contributed by atoms with van der Waals surface area (Å²) in [7, 11) is 0. The third kappa shape index (κ3) is 3.99. The van der Waals surface area contributed by atoms with Crippen molar-refractivity contribution in [3.63, 3.8) is 0 Å². The Hall–Kier alpha value is -4.65. The van der Waals surface area contributed by atoms with E-state index in [1.165, 1.54) is 5.01 Å². The van der Waals surface area contributed by atoms with Crippen molar-refractivity contribution >= 4 is 46.1 Å². The standard InChI is InChI=1S/C26H20N4O3/c31-24(27-19-9-3-1-4-10-19)17-29-16-18(21-13-7-8-14-23(21)29)15-22-25(32)28-30(26(22)33)20-11-5-2-6-12-20/h1-16H,17H2,(H,27,31)(H,28,32). The summed E-state index contributed by atoms with van der Waals surface area (Å²) in [5.41, 5.74) is 5.47. The Morgan fingerprint density at radius 1 is 0.879 bits per heavy atom. The molecule has 4 aromatic rings. The molecule has 0 bridgehead atoms. The quantitative estimate of drug-likeness (QED) is 0.369. The summed E-state index contributed by atoms with van der Waals surface area (Å²) >= 11 is 0. The van der Waals surface area contributed by atoms with E-state index in [1.54, 1.807) is 36.5 Å². The van der Waals surface area contributed by atoms with Gasteiger partial charge in [-0.2, -0.15) is 0 Å². The summed E-state index contributed by atoms with van der Waals surface area (Å²) in [5, 5.41) is 4.96. The number of hydrazine groups is 1. The molecule has 2 N–H and O–H groups in total. The van der Waals surface area contributed by atoms with Gasteiger partial charge in [-0.3, -0.25) is 19.8 Å². The minimum absolute atomic E-state index is 0.0375. The molecule has 3 amide bonds. The molecule has 5 rings (SSSR count). The molecule has 1 aliphatic heterocycles. The first-order chi connectivity index (χ1) is 16.1. The van der Waals surface area contributed by atoms with Crippen LogP contribution in [0.3, 0.4) is 0 Å². The molecular formula is C26H20N4O3. The van der Waals surface area contributed by atoms with Gasteiger partial charge in [0.15, 0.2) is 0 Å². The van der Waals surface area contributed by atoms with E-state index in [4.69, 9.17) is 0 Å². The first kappa shape index (κ1) is 20.3. The minimum atomic E-state index is -0.470. The van der Waals surface area contributed by atoms with Gasteiger partial charge in [0.1, 0.15) is 12.1 Å². The van der Waals surface area contributed by atoms with E-state index in [2.05, 4.69) is 10.7 Å². The van der Waals surface area contributed by atoms with Crippen LogP contribution >= 0.6 is 0 Å². The number of hydrogen-bond acceptors (Lipinski definition) is 3. The Morgan fingerprint density at radius 2 is 1.55 bits per heavy atom. The number of amides is 3. The van der Waals surface area contributed by atoms with Crippen LogP contribution < -0.4 is 15.8 Å². The van der Waals surface area contributed by atoms with Crippen LogP contribution in [0.25, 0.3) is 17.0 Å². The Morgan fingerprint density at radius 3 is 2.30 bits per heavy atom. The molecule has 162 valence electrons. The van der Waals surface area contributed by atoms with Crippen molar-refractivity contribution in [3.8, 4) is 0 Å². The smallest absolute Gasteiger partial charge is 0.282 e. The van der Waals surface area contributed by atoms with E-state index in [9.17, 15) is 14.4 Å². The summed E-state index contributed by atoms with van der Waals surface area (Å²) < 4.78 is 1.81. The van der Waals surface area contributed by atoms with E-state index in [0.717, 1.165) is 16.6 Å². The lowest BCUT2D eigenvalue weighted by molar-refractivity contribution is -0.118. The molecule has 7 heteroatoms. The first-order valence-corrected chi connectivity index (χ1v) is 10.4.